The number of aliphatic carboxylic acids is 1. The number of nitrogens with one attached hydrogen (secondary N) is 1. The normalized spacial score (nSPS) is 26.9. The number of thioether (sulfide) groups is 1. The molecule has 2 N–H and O–H groups in total. The van der Waals surface area contributed by atoms with E-state index in [-0.39, 0.29) is 5.91 Å². The smallest absolute Gasteiger partial charge is 0.329 e. The molecule has 2 atom stereocenters. The molecule has 2 unspecified atom stereocenters. The Morgan fingerprint density at radius 2 is 2.21 bits per heavy atom. The molecule has 1 aliphatic rings. The fourth-order valence-electron chi connectivity index (χ4n) is 2.63. The quantitative estimate of drug-likeness (QED) is 0.707. The van der Waals surface area contributed by atoms with Gasteiger partial charge in [0, 0.05) is 0 Å². The van der Waals surface area contributed by atoms with E-state index in [1.165, 1.54) is 0 Å². The van der Waals surface area contributed by atoms with Crippen LogP contribution < -0.4 is 5.32 Å². The van der Waals surface area contributed by atoms with Gasteiger partial charge in [-0.1, -0.05) is 33.1 Å². The summed E-state index contributed by atoms with van der Waals surface area (Å²) in [5.41, 5.74) is -1.03. The fraction of sp³-hybridized carbons (Fsp3) is 0.857. The number of hydrogen-bond donors (Lipinski definition) is 2. The van der Waals surface area contributed by atoms with E-state index in [9.17, 15) is 14.7 Å². The number of carbonyl (C=O) groups is 2. The van der Waals surface area contributed by atoms with E-state index in [0.29, 0.717) is 24.5 Å². The van der Waals surface area contributed by atoms with Crippen LogP contribution in [0.4, 0.5) is 0 Å². The summed E-state index contributed by atoms with van der Waals surface area (Å²) >= 11 is 1.58. The summed E-state index contributed by atoms with van der Waals surface area (Å²) in [6.07, 6.45) is 5.24. The molecular formula is C14H25NO3S. The van der Waals surface area contributed by atoms with Crippen molar-refractivity contribution in [2.45, 2.75) is 57.9 Å². The van der Waals surface area contributed by atoms with E-state index in [1.807, 2.05) is 0 Å². The topological polar surface area (TPSA) is 66.4 Å². The van der Waals surface area contributed by atoms with E-state index < -0.39 is 11.5 Å². The van der Waals surface area contributed by atoms with Gasteiger partial charge in [-0.05, 0) is 30.9 Å². The molecule has 4 nitrogen and oxygen atoms in total. The van der Waals surface area contributed by atoms with Crippen molar-refractivity contribution in [2.24, 2.45) is 5.92 Å². The lowest BCUT2D eigenvalue weighted by atomic mass is 9.76. The van der Waals surface area contributed by atoms with Gasteiger partial charge in [-0.25, -0.2) is 4.79 Å². The molecule has 1 fully saturated rings. The lowest BCUT2D eigenvalue weighted by Gasteiger charge is -2.37. The zero-order chi connectivity index (χ0) is 14.3. The van der Waals surface area contributed by atoms with Crippen molar-refractivity contribution in [3.05, 3.63) is 0 Å². The highest BCUT2D eigenvalue weighted by Crippen LogP contribution is 2.32. The predicted octanol–water partition coefficient (Wildman–Crippen LogP) is 2.67. The highest BCUT2D eigenvalue weighted by molar-refractivity contribution is 7.99. The monoisotopic (exact) mass is 287 g/mol. The Kier molecular flexibility index (Phi) is 6.69. The van der Waals surface area contributed by atoms with Gasteiger partial charge < -0.3 is 10.4 Å². The third kappa shape index (κ3) is 5.05. The minimum atomic E-state index is -1.03. The molecule has 0 saturated heterocycles. The van der Waals surface area contributed by atoms with Crippen LogP contribution in [-0.4, -0.2) is 34.0 Å². The second-order valence-electron chi connectivity index (χ2n) is 5.54. The zero-order valence-corrected chi connectivity index (χ0v) is 12.7. The van der Waals surface area contributed by atoms with E-state index in [4.69, 9.17) is 0 Å². The van der Waals surface area contributed by atoms with Crippen molar-refractivity contribution < 1.29 is 14.7 Å². The Morgan fingerprint density at radius 1 is 1.47 bits per heavy atom. The number of carboxylic acids is 1. The van der Waals surface area contributed by atoms with Crippen LogP contribution in [0.1, 0.15) is 52.4 Å². The van der Waals surface area contributed by atoms with E-state index in [2.05, 4.69) is 19.2 Å². The summed E-state index contributed by atoms with van der Waals surface area (Å²) < 4.78 is 0. The molecule has 110 valence electrons. The summed E-state index contributed by atoms with van der Waals surface area (Å²) in [5, 5.41) is 12.2. The first-order valence-corrected chi connectivity index (χ1v) is 8.28. The van der Waals surface area contributed by atoms with Gasteiger partial charge in [0.05, 0.1) is 5.75 Å². The second kappa shape index (κ2) is 7.78. The predicted molar refractivity (Wildman–Crippen MR) is 78.4 cm³/mol. The molecule has 0 spiro atoms. The van der Waals surface area contributed by atoms with Crippen LogP contribution in [0, 0.1) is 5.92 Å². The number of carbonyl (C=O) groups excluding carboxylic acids is 1. The average molecular weight is 287 g/mol. The Bertz CT molecular complexity index is 322. The molecule has 0 aromatic carbocycles. The van der Waals surface area contributed by atoms with E-state index in [1.54, 1.807) is 11.8 Å². The molecule has 5 heteroatoms. The molecule has 0 heterocycles. The Hall–Kier alpha value is -0.710. The van der Waals surface area contributed by atoms with Gasteiger partial charge in [0.15, 0.2) is 0 Å². The molecule has 19 heavy (non-hydrogen) atoms. The summed E-state index contributed by atoms with van der Waals surface area (Å²) in [4.78, 5) is 23.4. The van der Waals surface area contributed by atoms with Crippen molar-refractivity contribution in [3.63, 3.8) is 0 Å². The van der Waals surface area contributed by atoms with Crippen LogP contribution in [0.15, 0.2) is 0 Å². The van der Waals surface area contributed by atoms with Gasteiger partial charge in [-0.2, -0.15) is 11.8 Å². The van der Waals surface area contributed by atoms with Gasteiger partial charge in [0.2, 0.25) is 5.91 Å². The summed E-state index contributed by atoms with van der Waals surface area (Å²) in [5.74, 6) is 0.658. The summed E-state index contributed by atoms with van der Waals surface area (Å²) in [6, 6.07) is 0. The van der Waals surface area contributed by atoms with Crippen LogP contribution in [-0.2, 0) is 9.59 Å². The largest absolute Gasteiger partial charge is 0.480 e. The minimum absolute atomic E-state index is 0.141. The first-order chi connectivity index (χ1) is 9.00. The van der Waals surface area contributed by atoms with Crippen LogP contribution >= 0.6 is 11.8 Å². The van der Waals surface area contributed by atoms with Crippen molar-refractivity contribution in [3.8, 4) is 0 Å². The molecule has 0 aliphatic heterocycles. The third-order valence-corrected chi connectivity index (χ3v) is 4.70. The van der Waals surface area contributed by atoms with Crippen LogP contribution in [0.2, 0.25) is 0 Å². The number of amides is 1. The Labute approximate surface area is 119 Å². The lowest BCUT2D eigenvalue weighted by Crippen LogP contribution is -2.57. The minimum Gasteiger partial charge on any atom is -0.480 e. The highest BCUT2D eigenvalue weighted by Gasteiger charge is 2.42. The molecule has 1 amide bonds. The molecule has 1 saturated carbocycles. The van der Waals surface area contributed by atoms with E-state index in [0.717, 1.165) is 31.4 Å². The third-order valence-electron chi connectivity index (χ3n) is 3.66. The van der Waals surface area contributed by atoms with Crippen molar-refractivity contribution in [1.82, 2.24) is 5.32 Å². The lowest BCUT2D eigenvalue weighted by molar-refractivity contribution is -0.149. The maximum absolute atomic E-state index is 11.9. The van der Waals surface area contributed by atoms with Crippen molar-refractivity contribution >= 4 is 23.6 Å². The van der Waals surface area contributed by atoms with Crippen LogP contribution in [0.3, 0.4) is 0 Å². The van der Waals surface area contributed by atoms with Gasteiger partial charge in [0.25, 0.3) is 0 Å². The Balaban J connectivity index is 2.49. The molecule has 0 aromatic heterocycles. The SMILES string of the molecule is CCCCSCC(=O)NC1(C(=O)O)CCCC(C)C1. The second-order valence-corrected chi connectivity index (χ2v) is 6.65. The number of hydrogen-bond acceptors (Lipinski definition) is 3. The Morgan fingerprint density at radius 3 is 2.79 bits per heavy atom. The maximum atomic E-state index is 11.9. The molecule has 0 aromatic rings. The van der Waals surface area contributed by atoms with Gasteiger partial charge >= 0.3 is 5.97 Å². The molecule has 1 rings (SSSR count). The highest BCUT2D eigenvalue weighted by atomic mass is 32.2. The number of unbranched alkanes of at least 4 members (excludes halogenated alkanes) is 1. The first kappa shape index (κ1) is 16.3. The first-order valence-electron chi connectivity index (χ1n) is 7.12. The molecule has 0 radical (unpaired) electrons. The van der Waals surface area contributed by atoms with Gasteiger partial charge in [-0.3, -0.25) is 4.79 Å². The van der Waals surface area contributed by atoms with Gasteiger partial charge in [-0.15, -0.1) is 0 Å². The molecule has 0 bridgehead atoms. The zero-order valence-electron chi connectivity index (χ0n) is 11.9. The van der Waals surface area contributed by atoms with Gasteiger partial charge in [0.1, 0.15) is 5.54 Å². The molecule has 1 aliphatic carbocycles. The average Bonchev–Trinajstić information content (AvgIpc) is 2.34. The summed E-state index contributed by atoms with van der Waals surface area (Å²) in [7, 11) is 0. The standard InChI is InChI=1S/C14H25NO3S/c1-3-4-8-19-10-12(16)15-14(13(17)18)7-5-6-11(2)9-14/h11H,3-10H2,1-2H3,(H,15,16)(H,17,18). The van der Waals surface area contributed by atoms with Crippen LogP contribution in [0.5, 0.6) is 0 Å². The maximum Gasteiger partial charge on any atom is 0.329 e. The summed E-state index contributed by atoms with van der Waals surface area (Å²) in [6.45, 7) is 4.17. The van der Waals surface area contributed by atoms with Crippen molar-refractivity contribution in [1.29, 1.82) is 0 Å². The fourth-order valence-corrected chi connectivity index (χ4v) is 3.52. The number of carboxylic acid groups (broad SMARTS) is 1. The molecular weight excluding hydrogens is 262 g/mol. The van der Waals surface area contributed by atoms with E-state index >= 15 is 0 Å². The van der Waals surface area contributed by atoms with Crippen molar-refractivity contribution in [2.75, 3.05) is 11.5 Å². The van der Waals surface area contributed by atoms with Crippen LogP contribution in [0.25, 0.3) is 0 Å². The number of rotatable bonds is 7.